The number of hydrogen-bond acceptors (Lipinski definition) is 7. The zero-order valence-electron chi connectivity index (χ0n) is 15.3. The smallest absolute Gasteiger partial charge is 0.417 e. The maximum absolute atomic E-state index is 12.8. The Balaban J connectivity index is 2.40. The van der Waals surface area contributed by atoms with Crippen molar-refractivity contribution in [2.45, 2.75) is 71.1 Å². The Kier molecular flexibility index (Phi) is 5.11. The lowest BCUT2D eigenvalue weighted by atomic mass is 9.87. The highest BCUT2D eigenvalue weighted by molar-refractivity contribution is 5.99. The number of fused-ring (bicyclic) bond motifs is 1. The van der Waals surface area contributed by atoms with Crippen LogP contribution in [0.5, 0.6) is 0 Å². The van der Waals surface area contributed by atoms with E-state index in [9.17, 15) is 19.2 Å². The van der Waals surface area contributed by atoms with E-state index in [0.717, 1.165) is 11.3 Å². The van der Waals surface area contributed by atoms with Crippen molar-refractivity contribution < 1.29 is 33.4 Å². The molecule has 2 fully saturated rings. The van der Waals surface area contributed by atoms with Gasteiger partial charge >= 0.3 is 18.0 Å². The van der Waals surface area contributed by atoms with Crippen LogP contribution in [0.25, 0.3) is 0 Å². The van der Waals surface area contributed by atoms with E-state index in [1.807, 2.05) is 0 Å². The molecule has 0 N–H and O–H groups in total. The summed E-state index contributed by atoms with van der Waals surface area (Å²) >= 11 is 0. The van der Waals surface area contributed by atoms with Gasteiger partial charge in [-0.3, -0.25) is 14.4 Å². The molecule has 1 heterocycles. The van der Waals surface area contributed by atoms with Crippen LogP contribution in [0.3, 0.4) is 0 Å². The van der Waals surface area contributed by atoms with Gasteiger partial charge in [0.05, 0.1) is 5.54 Å². The molecule has 140 valence electrons. The monoisotopic (exact) mass is 355 g/mol. The van der Waals surface area contributed by atoms with Crippen molar-refractivity contribution in [1.82, 2.24) is 4.90 Å². The highest BCUT2D eigenvalue weighted by Gasteiger charge is 2.65. The van der Waals surface area contributed by atoms with E-state index in [2.05, 4.69) is 0 Å². The maximum Gasteiger partial charge on any atom is 0.417 e. The van der Waals surface area contributed by atoms with Crippen molar-refractivity contribution in [2.24, 2.45) is 5.92 Å². The van der Waals surface area contributed by atoms with Gasteiger partial charge in [-0.15, -0.1) is 0 Å². The van der Waals surface area contributed by atoms with E-state index in [1.165, 1.54) is 13.8 Å². The maximum atomic E-state index is 12.8. The first-order valence-electron chi connectivity index (χ1n) is 8.35. The fraction of sp³-hybridized carbons (Fsp3) is 0.765. The predicted molar refractivity (Wildman–Crippen MR) is 85.3 cm³/mol. The molecule has 1 saturated carbocycles. The lowest BCUT2D eigenvalue weighted by Crippen LogP contribution is -2.54. The molecule has 3 atom stereocenters. The summed E-state index contributed by atoms with van der Waals surface area (Å²) in [5.74, 6) is -2.15. The minimum Gasteiger partial charge on any atom is -0.463 e. The second kappa shape index (κ2) is 6.65. The topological polar surface area (TPSA) is 99.2 Å². The Morgan fingerprint density at radius 2 is 1.84 bits per heavy atom. The van der Waals surface area contributed by atoms with Crippen molar-refractivity contribution in [1.29, 1.82) is 0 Å². The van der Waals surface area contributed by atoms with Crippen molar-refractivity contribution in [3.8, 4) is 0 Å². The van der Waals surface area contributed by atoms with Crippen LogP contribution in [-0.4, -0.2) is 52.7 Å². The van der Waals surface area contributed by atoms with Crippen LogP contribution in [0.2, 0.25) is 0 Å². The number of imide groups is 1. The SMILES string of the molecule is CC(=O)OC[C@]12CCC[C@H]1[C@@H](OC(C)=O)C(=O)N2C(=O)OC(C)(C)C. The first-order valence-corrected chi connectivity index (χ1v) is 8.35. The molecular weight excluding hydrogens is 330 g/mol. The highest BCUT2D eigenvalue weighted by Crippen LogP contribution is 2.49. The number of likely N-dealkylation sites (tertiary alicyclic amines) is 1. The Morgan fingerprint density at radius 1 is 1.20 bits per heavy atom. The van der Waals surface area contributed by atoms with Gasteiger partial charge in [0, 0.05) is 19.8 Å². The number of ether oxygens (including phenoxy) is 3. The van der Waals surface area contributed by atoms with E-state index in [4.69, 9.17) is 14.2 Å². The van der Waals surface area contributed by atoms with Crippen LogP contribution in [0.4, 0.5) is 4.79 Å². The number of carbonyl (C=O) groups excluding carboxylic acids is 4. The number of nitrogens with zero attached hydrogens (tertiary/aromatic N) is 1. The standard InChI is InChI=1S/C17H25NO7/c1-10(19)23-9-17-8-6-7-12(17)13(24-11(2)20)14(21)18(17)15(22)25-16(3,4)5/h12-13H,6-9H2,1-5H3/t12-,13+,17+/m0/s1. The second-order valence-electron chi connectivity index (χ2n) is 7.57. The molecule has 0 aromatic rings. The zero-order chi connectivity index (χ0) is 19.0. The van der Waals surface area contributed by atoms with E-state index >= 15 is 0 Å². The molecule has 1 aliphatic heterocycles. The number of carbonyl (C=O) groups is 4. The molecule has 0 radical (unpaired) electrons. The number of amides is 2. The Bertz CT molecular complexity index is 594. The highest BCUT2D eigenvalue weighted by atomic mass is 16.6. The molecule has 25 heavy (non-hydrogen) atoms. The minimum atomic E-state index is -1.07. The third-order valence-electron chi connectivity index (χ3n) is 4.48. The molecule has 0 bridgehead atoms. The number of hydrogen-bond donors (Lipinski definition) is 0. The van der Waals surface area contributed by atoms with Gasteiger partial charge in [0.15, 0.2) is 6.10 Å². The van der Waals surface area contributed by atoms with Crippen molar-refractivity contribution in [3.63, 3.8) is 0 Å². The fourth-order valence-electron chi connectivity index (χ4n) is 3.67. The molecule has 1 saturated heterocycles. The Hall–Kier alpha value is -2.12. The van der Waals surface area contributed by atoms with E-state index in [1.54, 1.807) is 20.8 Å². The van der Waals surface area contributed by atoms with Gasteiger partial charge in [-0.1, -0.05) is 6.42 Å². The molecule has 1 aliphatic carbocycles. The van der Waals surface area contributed by atoms with E-state index in [0.29, 0.717) is 12.8 Å². The molecule has 0 spiro atoms. The summed E-state index contributed by atoms with van der Waals surface area (Å²) in [6.07, 6.45) is -0.108. The normalized spacial score (nSPS) is 28.5. The third kappa shape index (κ3) is 3.77. The molecule has 0 aromatic carbocycles. The summed E-state index contributed by atoms with van der Waals surface area (Å²) in [5, 5.41) is 0. The first-order chi connectivity index (χ1) is 11.5. The summed E-state index contributed by atoms with van der Waals surface area (Å²) in [7, 11) is 0. The summed E-state index contributed by atoms with van der Waals surface area (Å²) < 4.78 is 15.7. The molecule has 2 amide bonds. The quantitative estimate of drug-likeness (QED) is 0.562. The lowest BCUT2D eigenvalue weighted by Gasteiger charge is -2.36. The predicted octanol–water partition coefficient (Wildman–Crippen LogP) is 1.80. The molecule has 0 aromatic heterocycles. The Morgan fingerprint density at radius 3 is 2.36 bits per heavy atom. The Labute approximate surface area is 146 Å². The summed E-state index contributed by atoms with van der Waals surface area (Å²) in [4.78, 5) is 49.3. The first kappa shape index (κ1) is 19.2. The lowest BCUT2D eigenvalue weighted by molar-refractivity contribution is -0.156. The second-order valence-corrected chi connectivity index (χ2v) is 7.57. The van der Waals surface area contributed by atoms with Gasteiger partial charge in [0.1, 0.15) is 12.2 Å². The third-order valence-corrected chi connectivity index (χ3v) is 4.48. The van der Waals surface area contributed by atoms with Crippen LogP contribution in [0, 0.1) is 5.92 Å². The van der Waals surface area contributed by atoms with Crippen molar-refractivity contribution in [3.05, 3.63) is 0 Å². The average Bonchev–Trinajstić information content (AvgIpc) is 2.92. The van der Waals surface area contributed by atoms with Crippen molar-refractivity contribution in [2.75, 3.05) is 6.61 Å². The van der Waals surface area contributed by atoms with Gasteiger partial charge in [-0.25, -0.2) is 9.69 Å². The van der Waals surface area contributed by atoms with Crippen LogP contribution in [-0.2, 0) is 28.6 Å². The van der Waals surface area contributed by atoms with Crippen LogP contribution >= 0.6 is 0 Å². The largest absolute Gasteiger partial charge is 0.463 e. The minimum absolute atomic E-state index is 0.129. The van der Waals surface area contributed by atoms with Crippen LogP contribution in [0.15, 0.2) is 0 Å². The summed E-state index contributed by atoms with van der Waals surface area (Å²) in [6.45, 7) is 7.43. The molecule has 8 heteroatoms. The fourth-order valence-corrected chi connectivity index (χ4v) is 3.67. The van der Waals surface area contributed by atoms with Gasteiger partial charge in [-0.05, 0) is 33.6 Å². The summed E-state index contributed by atoms with van der Waals surface area (Å²) in [5.41, 5.74) is -1.83. The summed E-state index contributed by atoms with van der Waals surface area (Å²) in [6, 6.07) is 0. The molecule has 0 unspecified atom stereocenters. The average molecular weight is 355 g/mol. The van der Waals surface area contributed by atoms with Crippen LogP contribution < -0.4 is 0 Å². The van der Waals surface area contributed by atoms with Gasteiger partial charge in [0.25, 0.3) is 5.91 Å². The van der Waals surface area contributed by atoms with Gasteiger partial charge in [0.2, 0.25) is 0 Å². The van der Waals surface area contributed by atoms with Gasteiger partial charge in [-0.2, -0.15) is 0 Å². The van der Waals surface area contributed by atoms with E-state index < -0.39 is 47.1 Å². The van der Waals surface area contributed by atoms with Gasteiger partial charge < -0.3 is 14.2 Å². The molecule has 2 aliphatic rings. The molecule has 2 rings (SSSR count). The number of rotatable bonds is 3. The zero-order valence-corrected chi connectivity index (χ0v) is 15.3. The van der Waals surface area contributed by atoms with Crippen molar-refractivity contribution >= 4 is 23.9 Å². The molecular formula is C17H25NO7. The molecule has 8 nitrogen and oxygen atoms in total. The number of esters is 2. The van der Waals surface area contributed by atoms with Crippen LogP contribution in [0.1, 0.15) is 53.9 Å². The van der Waals surface area contributed by atoms with E-state index in [-0.39, 0.29) is 6.61 Å².